The predicted octanol–water partition coefficient (Wildman–Crippen LogP) is 7.91. The molecule has 0 saturated heterocycles. The first-order valence-electron chi connectivity index (χ1n) is 10.4. The van der Waals surface area contributed by atoms with Crippen LogP contribution in [0, 0.1) is 13.8 Å². The van der Waals surface area contributed by atoms with Crippen LogP contribution in [0.5, 0.6) is 0 Å². The molecule has 0 aliphatic heterocycles. The minimum Gasteiger partial charge on any atom is -0.323 e. The minimum absolute atomic E-state index is 0.872. The van der Waals surface area contributed by atoms with E-state index in [0.717, 1.165) is 11.4 Å². The molecule has 0 aliphatic rings. The summed E-state index contributed by atoms with van der Waals surface area (Å²) in [7, 11) is 3.75. The second kappa shape index (κ2) is 13.6. The van der Waals surface area contributed by atoms with Crippen LogP contribution in [0.1, 0.15) is 11.1 Å². The van der Waals surface area contributed by atoms with Crippen molar-refractivity contribution in [2.75, 3.05) is 14.1 Å². The Hall–Kier alpha value is -3.56. The summed E-state index contributed by atoms with van der Waals surface area (Å²) < 4.78 is 0. The van der Waals surface area contributed by atoms with Crippen LogP contribution in [0.25, 0.3) is 11.1 Å². The quantitative estimate of drug-likeness (QED) is 0.343. The minimum atomic E-state index is 0.872. The maximum Gasteiger partial charge on any atom is 0.0857 e. The van der Waals surface area contributed by atoms with Gasteiger partial charge in [0, 0.05) is 0 Å². The third-order valence-corrected chi connectivity index (χ3v) is 4.34. The molecule has 3 heteroatoms. The second-order valence-corrected chi connectivity index (χ2v) is 7.00. The monoisotopic (exact) mass is 409 g/mol. The van der Waals surface area contributed by atoms with E-state index in [9.17, 15) is 0 Å². The summed E-state index contributed by atoms with van der Waals surface area (Å²) in [6, 6.07) is 36.4. The first-order chi connectivity index (χ1) is 15.2. The fourth-order valence-corrected chi connectivity index (χ4v) is 2.98. The van der Waals surface area contributed by atoms with Gasteiger partial charge in [-0.2, -0.15) is 10.2 Å². The van der Waals surface area contributed by atoms with Crippen molar-refractivity contribution in [2.45, 2.75) is 13.8 Å². The number of nitrogens with zero attached hydrogens (tertiary/aromatic N) is 2. The lowest BCUT2D eigenvalue weighted by atomic mass is 9.96. The highest BCUT2D eigenvalue weighted by Crippen LogP contribution is 2.26. The van der Waals surface area contributed by atoms with Crippen molar-refractivity contribution in [1.29, 1.82) is 0 Å². The molecule has 4 rings (SSSR count). The zero-order valence-corrected chi connectivity index (χ0v) is 18.8. The number of nitrogens with one attached hydrogen (secondary N) is 1. The van der Waals surface area contributed by atoms with Gasteiger partial charge in [0.1, 0.15) is 0 Å². The predicted molar refractivity (Wildman–Crippen MR) is 133 cm³/mol. The summed E-state index contributed by atoms with van der Waals surface area (Å²) in [5, 5.41) is 11.0. The first kappa shape index (κ1) is 23.7. The number of benzene rings is 4. The largest absolute Gasteiger partial charge is 0.323 e. The van der Waals surface area contributed by atoms with Crippen LogP contribution >= 0.6 is 0 Å². The van der Waals surface area contributed by atoms with Gasteiger partial charge in [-0.05, 0) is 74.5 Å². The van der Waals surface area contributed by atoms with Crippen LogP contribution in [0.3, 0.4) is 0 Å². The van der Waals surface area contributed by atoms with Crippen LogP contribution in [0.2, 0.25) is 0 Å². The van der Waals surface area contributed by atoms with Crippen molar-refractivity contribution in [3.8, 4) is 11.1 Å². The van der Waals surface area contributed by atoms with Crippen molar-refractivity contribution in [1.82, 2.24) is 5.32 Å². The van der Waals surface area contributed by atoms with Gasteiger partial charge >= 0.3 is 0 Å². The SMILES string of the molecule is CNC.Cc1cccc(C)c1-c1ccccc1.c1ccc(N=Nc2ccccc2)cc1. The summed E-state index contributed by atoms with van der Waals surface area (Å²) in [5.41, 5.74) is 7.11. The maximum atomic E-state index is 4.10. The molecule has 0 atom stereocenters. The topological polar surface area (TPSA) is 36.8 Å². The van der Waals surface area contributed by atoms with Crippen molar-refractivity contribution in [2.24, 2.45) is 10.2 Å². The Morgan fingerprint density at radius 1 is 0.484 bits per heavy atom. The molecule has 0 saturated carbocycles. The Morgan fingerprint density at radius 2 is 0.839 bits per heavy atom. The lowest BCUT2D eigenvalue weighted by Gasteiger charge is -2.09. The van der Waals surface area contributed by atoms with Crippen LogP contribution < -0.4 is 5.32 Å². The summed E-state index contributed by atoms with van der Waals surface area (Å²) in [5.74, 6) is 0. The van der Waals surface area contributed by atoms with Gasteiger partial charge in [-0.3, -0.25) is 0 Å². The van der Waals surface area contributed by atoms with Gasteiger partial charge in [-0.15, -0.1) is 0 Å². The Kier molecular flexibility index (Phi) is 10.4. The van der Waals surface area contributed by atoms with Gasteiger partial charge in [0.25, 0.3) is 0 Å². The van der Waals surface area contributed by atoms with Gasteiger partial charge in [-0.25, -0.2) is 0 Å². The van der Waals surface area contributed by atoms with Crippen molar-refractivity contribution >= 4 is 11.4 Å². The standard InChI is InChI=1S/C14H14.C12H10N2.C2H7N/c1-11-7-6-8-12(2)14(11)13-9-4-3-5-10-13;1-3-7-11(8-4-1)13-14-12-9-5-2-6-10-12;1-3-2/h3-10H,1-2H3;1-10H;3H,1-2H3. The first-order valence-corrected chi connectivity index (χ1v) is 10.4. The summed E-state index contributed by atoms with van der Waals surface area (Å²) in [4.78, 5) is 0. The van der Waals surface area contributed by atoms with E-state index in [4.69, 9.17) is 0 Å². The number of rotatable bonds is 3. The third kappa shape index (κ3) is 8.37. The molecule has 0 bridgehead atoms. The molecule has 0 aromatic heterocycles. The third-order valence-electron chi connectivity index (χ3n) is 4.34. The van der Waals surface area contributed by atoms with E-state index in [2.05, 4.69) is 77.9 Å². The summed E-state index contributed by atoms with van der Waals surface area (Å²) in [6.45, 7) is 4.32. The highest BCUT2D eigenvalue weighted by Gasteiger charge is 2.03. The van der Waals surface area contributed by atoms with Gasteiger partial charge in [-0.1, -0.05) is 84.9 Å². The number of aryl methyl sites for hydroxylation is 2. The van der Waals surface area contributed by atoms with Crippen molar-refractivity contribution in [3.63, 3.8) is 0 Å². The molecule has 0 heterocycles. The lowest BCUT2D eigenvalue weighted by molar-refractivity contribution is 1.02. The molecule has 158 valence electrons. The highest BCUT2D eigenvalue weighted by atomic mass is 15.1. The van der Waals surface area contributed by atoms with E-state index in [1.165, 1.54) is 22.3 Å². The molecule has 0 radical (unpaired) electrons. The fraction of sp³-hybridized carbons (Fsp3) is 0.143. The number of hydrogen-bond acceptors (Lipinski definition) is 3. The average Bonchev–Trinajstić information content (AvgIpc) is 2.81. The smallest absolute Gasteiger partial charge is 0.0857 e. The van der Waals surface area contributed by atoms with E-state index in [0.29, 0.717) is 0 Å². The molecule has 0 unspecified atom stereocenters. The molecular weight excluding hydrogens is 378 g/mol. The van der Waals surface area contributed by atoms with Gasteiger partial charge in [0.05, 0.1) is 11.4 Å². The van der Waals surface area contributed by atoms with Crippen LogP contribution in [-0.2, 0) is 0 Å². The lowest BCUT2D eigenvalue weighted by Crippen LogP contribution is -1.89. The van der Waals surface area contributed by atoms with E-state index >= 15 is 0 Å². The van der Waals surface area contributed by atoms with Crippen molar-refractivity contribution in [3.05, 3.63) is 120 Å². The molecular formula is C28H31N3. The highest BCUT2D eigenvalue weighted by molar-refractivity contribution is 5.70. The Labute approximate surface area is 186 Å². The molecule has 3 nitrogen and oxygen atoms in total. The summed E-state index contributed by atoms with van der Waals surface area (Å²) >= 11 is 0. The Morgan fingerprint density at radius 3 is 1.23 bits per heavy atom. The van der Waals surface area contributed by atoms with Crippen LogP contribution in [0.15, 0.2) is 119 Å². The van der Waals surface area contributed by atoms with E-state index in [1.54, 1.807) is 0 Å². The van der Waals surface area contributed by atoms with Gasteiger partial charge < -0.3 is 5.32 Å². The molecule has 4 aromatic carbocycles. The molecule has 0 spiro atoms. The molecule has 0 fully saturated rings. The fourth-order valence-electron chi connectivity index (χ4n) is 2.98. The average molecular weight is 410 g/mol. The zero-order chi connectivity index (χ0) is 22.3. The molecule has 1 N–H and O–H groups in total. The second-order valence-electron chi connectivity index (χ2n) is 7.00. The molecule has 0 aliphatic carbocycles. The van der Waals surface area contributed by atoms with Gasteiger partial charge in [0.2, 0.25) is 0 Å². The van der Waals surface area contributed by atoms with E-state index in [1.807, 2.05) is 74.8 Å². The van der Waals surface area contributed by atoms with E-state index in [-0.39, 0.29) is 0 Å². The Balaban J connectivity index is 0.000000196. The van der Waals surface area contributed by atoms with E-state index < -0.39 is 0 Å². The maximum absolute atomic E-state index is 4.10. The van der Waals surface area contributed by atoms with Crippen LogP contribution in [0.4, 0.5) is 11.4 Å². The summed E-state index contributed by atoms with van der Waals surface area (Å²) in [6.07, 6.45) is 0. The molecule has 4 aromatic rings. The molecule has 0 amide bonds. The van der Waals surface area contributed by atoms with Crippen molar-refractivity contribution < 1.29 is 0 Å². The van der Waals surface area contributed by atoms with Gasteiger partial charge in [0.15, 0.2) is 0 Å². The normalized spacial score (nSPS) is 9.94. The number of azo groups is 1. The molecule has 31 heavy (non-hydrogen) atoms. The zero-order valence-electron chi connectivity index (χ0n) is 18.8. The Bertz CT molecular complexity index is 966. The van der Waals surface area contributed by atoms with Crippen LogP contribution in [-0.4, -0.2) is 14.1 Å². The number of hydrogen-bond donors (Lipinski definition) is 1.